The first-order valence-electron chi connectivity index (χ1n) is 4.17. The quantitative estimate of drug-likeness (QED) is 0.810. The summed E-state index contributed by atoms with van der Waals surface area (Å²) in [6, 6.07) is 8.07. The van der Waals surface area contributed by atoms with Crippen LogP contribution in [0.1, 0.15) is 17.9 Å². The lowest BCUT2D eigenvalue weighted by Gasteiger charge is -2.11. The SMILES string of the molecule is O=C(O)[C@H](CC(F)F)c1ccccc1. The maximum Gasteiger partial charge on any atom is 0.311 e. The van der Waals surface area contributed by atoms with Gasteiger partial charge in [0, 0.05) is 6.42 Å². The molecule has 0 aliphatic carbocycles. The van der Waals surface area contributed by atoms with Gasteiger partial charge < -0.3 is 5.11 Å². The third-order valence-electron chi connectivity index (χ3n) is 1.91. The zero-order chi connectivity index (χ0) is 10.6. The van der Waals surface area contributed by atoms with Crippen molar-refractivity contribution in [3.63, 3.8) is 0 Å². The van der Waals surface area contributed by atoms with E-state index in [9.17, 15) is 13.6 Å². The summed E-state index contributed by atoms with van der Waals surface area (Å²) in [5.41, 5.74) is 0.417. The third kappa shape index (κ3) is 2.80. The van der Waals surface area contributed by atoms with E-state index in [4.69, 9.17) is 5.11 Å². The van der Waals surface area contributed by atoms with Gasteiger partial charge in [-0.3, -0.25) is 4.79 Å². The van der Waals surface area contributed by atoms with Crippen molar-refractivity contribution in [3.05, 3.63) is 35.9 Å². The molecule has 0 fully saturated rings. The summed E-state index contributed by atoms with van der Waals surface area (Å²) in [6.07, 6.45) is -3.24. The van der Waals surface area contributed by atoms with Gasteiger partial charge in [0.1, 0.15) is 0 Å². The lowest BCUT2D eigenvalue weighted by molar-refractivity contribution is -0.139. The Kier molecular flexibility index (Phi) is 3.56. The third-order valence-corrected chi connectivity index (χ3v) is 1.91. The number of carboxylic acids is 1. The van der Waals surface area contributed by atoms with E-state index in [1.54, 1.807) is 30.3 Å². The van der Waals surface area contributed by atoms with E-state index in [1.165, 1.54) is 0 Å². The van der Waals surface area contributed by atoms with Crippen LogP contribution in [0.4, 0.5) is 8.78 Å². The molecule has 2 nitrogen and oxygen atoms in total. The average molecular weight is 200 g/mol. The summed E-state index contributed by atoms with van der Waals surface area (Å²) in [4.78, 5) is 10.7. The number of benzene rings is 1. The smallest absolute Gasteiger partial charge is 0.311 e. The van der Waals surface area contributed by atoms with Crippen LogP contribution in [0.25, 0.3) is 0 Å². The molecule has 1 rings (SSSR count). The Bertz CT molecular complexity index is 298. The second-order valence-corrected chi connectivity index (χ2v) is 2.93. The normalized spacial score (nSPS) is 12.8. The molecule has 0 bridgehead atoms. The minimum Gasteiger partial charge on any atom is -0.481 e. The molecule has 4 heteroatoms. The summed E-state index contributed by atoms with van der Waals surface area (Å²) < 4.78 is 24.1. The second kappa shape index (κ2) is 4.69. The molecule has 0 radical (unpaired) electrons. The van der Waals surface area contributed by atoms with E-state index >= 15 is 0 Å². The first kappa shape index (κ1) is 10.6. The van der Waals surface area contributed by atoms with Gasteiger partial charge in [0.15, 0.2) is 0 Å². The van der Waals surface area contributed by atoms with Crippen molar-refractivity contribution in [1.82, 2.24) is 0 Å². The molecular weight excluding hydrogens is 190 g/mol. The molecular formula is C10H10F2O2. The van der Waals surface area contributed by atoms with Crippen LogP contribution in [-0.4, -0.2) is 17.5 Å². The number of halogens is 2. The zero-order valence-electron chi connectivity index (χ0n) is 7.36. The van der Waals surface area contributed by atoms with Crippen LogP contribution in [0.5, 0.6) is 0 Å². The van der Waals surface area contributed by atoms with Gasteiger partial charge in [-0.2, -0.15) is 0 Å². The largest absolute Gasteiger partial charge is 0.481 e. The van der Waals surface area contributed by atoms with Crippen LogP contribution in [0.2, 0.25) is 0 Å². The summed E-state index contributed by atoms with van der Waals surface area (Å²) in [6.45, 7) is 0. The van der Waals surface area contributed by atoms with Crippen molar-refractivity contribution in [2.24, 2.45) is 0 Å². The Labute approximate surface area is 80.2 Å². The molecule has 0 aliphatic heterocycles. The highest BCUT2D eigenvalue weighted by Gasteiger charge is 2.23. The maximum absolute atomic E-state index is 12.1. The molecule has 0 amide bonds. The predicted molar refractivity (Wildman–Crippen MR) is 47.4 cm³/mol. The van der Waals surface area contributed by atoms with Crippen molar-refractivity contribution in [1.29, 1.82) is 0 Å². The fourth-order valence-corrected chi connectivity index (χ4v) is 1.24. The molecule has 0 saturated heterocycles. The van der Waals surface area contributed by atoms with Gasteiger partial charge in [-0.25, -0.2) is 8.78 Å². The van der Waals surface area contributed by atoms with Crippen LogP contribution >= 0.6 is 0 Å². The Hall–Kier alpha value is -1.45. The van der Waals surface area contributed by atoms with Gasteiger partial charge >= 0.3 is 5.97 Å². The van der Waals surface area contributed by atoms with Crippen LogP contribution < -0.4 is 0 Å². The van der Waals surface area contributed by atoms with Gasteiger partial charge in [0.2, 0.25) is 6.43 Å². The van der Waals surface area contributed by atoms with Crippen LogP contribution in [0, 0.1) is 0 Å². The lowest BCUT2D eigenvalue weighted by atomic mass is 9.96. The minimum absolute atomic E-state index is 0.417. The first-order valence-corrected chi connectivity index (χ1v) is 4.17. The molecule has 1 N–H and O–H groups in total. The number of rotatable bonds is 4. The van der Waals surface area contributed by atoms with Crippen molar-refractivity contribution < 1.29 is 18.7 Å². The maximum atomic E-state index is 12.1. The number of aliphatic carboxylic acids is 1. The van der Waals surface area contributed by atoms with E-state index in [0.29, 0.717) is 5.56 Å². The van der Waals surface area contributed by atoms with Crippen molar-refractivity contribution in [2.45, 2.75) is 18.8 Å². The fourth-order valence-electron chi connectivity index (χ4n) is 1.24. The molecule has 1 atom stereocenters. The van der Waals surface area contributed by atoms with E-state index in [0.717, 1.165) is 0 Å². The van der Waals surface area contributed by atoms with Crippen LogP contribution in [0.3, 0.4) is 0 Å². The van der Waals surface area contributed by atoms with Gasteiger partial charge in [0.05, 0.1) is 5.92 Å². The van der Waals surface area contributed by atoms with Crippen molar-refractivity contribution in [2.75, 3.05) is 0 Å². The highest BCUT2D eigenvalue weighted by atomic mass is 19.3. The van der Waals surface area contributed by atoms with E-state index in [2.05, 4.69) is 0 Å². The highest BCUT2D eigenvalue weighted by Crippen LogP contribution is 2.23. The molecule has 76 valence electrons. The second-order valence-electron chi connectivity index (χ2n) is 2.93. The van der Waals surface area contributed by atoms with E-state index in [-0.39, 0.29) is 0 Å². The number of hydrogen-bond donors (Lipinski definition) is 1. The van der Waals surface area contributed by atoms with Crippen molar-refractivity contribution in [3.8, 4) is 0 Å². The molecule has 0 aromatic heterocycles. The molecule has 1 aromatic rings. The van der Waals surface area contributed by atoms with Crippen LogP contribution in [0.15, 0.2) is 30.3 Å². The average Bonchev–Trinajstić information content (AvgIpc) is 2.15. The molecule has 0 spiro atoms. The number of alkyl halides is 2. The Morgan fingerprint density at radius 1 is 1.29 bits per heavy atom. The van der Waals surface area contributed by atoms with E-state index < -0.39 is 24.7 Å². The monoisotopic (exact) mass is 200 g/mol. The van der Waals surface area contributed by atoms with Gasteiger partial charge in [-0.1, -0.05) is 30.3 Å². The minimum atomic E-state index is -2.60. The molecule has 0 heterocycles. The van der Waals surface area contributed by atoms with Crippen molar-refractivity contribution >= 4 is 5.97 Å². The summed E-state index contributed by atoms with van der Waals surface area (Å²) in [5, 5.41) is 8.74. The van der Waals surface area contributed by atoms with Crippen LogP contribution in [-0.2, 0) is 4.79 Å². The lowest BCUT2D eigenvalue weighted by Crippen LogP contribution is -2.14. The van der Waals surface area contributed by atoms with Gasteiger partial charge in [-0.05, 0) is 5.56 Å². The number of carboxylic acid groups (broad SMARTS) is 1. The number of carbonyl (C=O) groups is 1. The molecule has 0 unspecified atom stereocenters. The van der Waals surface area contributed by atoms with Gasteiger partial charge in [0.25, 0.3) is 0 Å². The fraction of sp³-hybridized carbons (Fsp3) is 0.300. The van der Waals surface area contributed by atoms with E-state index in [1.807, 2.05) is 0 Å². The highest BCUT2D eigenvalue weighted by molar-refractivity contribution is 5.76. The summed E-state index contributed by atoms with van der Waals surface area (Å²) >= 11 is 0. The Balaban J connectivity index is 2.84. The first-order chi connectivity index (χ1) is 6.61. The Morgan fingerprint density at radius 2 is 1.86 bits per heavy atom. The predicted octanol–water partition coefficient (Wildman–Crippen LogP) is 2.51. The molecule has 0 aliphatic rings. The zero-order valence-corrected chi connectivity index (χ0v) is 7.36. The molecule has 14 heavy (non-hydrogen) atoms. The number of hydrogen-bond acceptors (Lipinski definition) is 1. The standard InChI is InChI=1S/C10H10F2O2/c11-9(12)6-8(10(13)14)7-4-2-1-3-5-7/h1-5,8-9H,6H2,(H,13,14)/t8-/m1/s1. The molecule has 0 saturated carbocycles. The topological polar surface area (TPSA) is 37.3 Å². The molecule has 1 aromatic carbocycles. The Morgan fingerprint density at radius 3 is 2.29 bits per heavy atom. The van der Waals surface area contributed by atoms with Gasteiger partial charge in [-0.15, -0.1) is 0 Å². The summed E-state index contributed by atoms with van der Waals surface area (Å²) in [5.74, 6) is -2.33. The summed E-state index contributed by atoms with van der Waals surface area (Å²) in [7, 11) is 0.